The number of nitrogens with one attached hydrogen (secondary N) is 1. The molecule has 1 aromatic heterocycles. The average molecular weight is 241 g/mol. The van der Waals surface area contributed by atoms with Crippen LogP contribution in [0.1, 0.15) is 6.92 Å². The van der Waals surface area contributed by atoms with Gasteiger partial charge in [-0.1, -0.05) is 0 Å². The van der Waals surface area contributed by atoms with Crippen LogP contribution in [-0.4, -0.2) is 55.9 Å². The van der Waals surface area contributed by atoms with E-state index in [1.54, 1.807) is 7.11 Å². The molecule has 0 saturated heterocycles. The van der Waals surface area contributed by atoms with Gasteiger partial charge in [-0.05, 0) is 6.92 Å². The van der Waals surface area contributed by atoms with Gasteiger partial charge in [0.25, 0.3) is 0 Å². The highest BCUT2D eigenvalue weighted by Gasteiger charge is 2.09. The van der Waals surface area contributed by atoms with Crippen molar-refractivity contribution in [2.75, 3.05) is 51.2 Å². The van der Waals surface area contributed by atoms with E-state index in [2.05, 4.69) is 20.3 Å². The first-order chi connectivity index (χ1) is 8.21. The molecule has 1 aromatic rings. The van der Waals surface area contributed by atoms with Crippen molar-refractivity contribution in [2.24, 2.45) is 0 Å². The molecule has 17 heavy (non-hydrogen) atoms. The molecule has 7 heteroatoms. The fraction of sp³-hybridized carbons (Fsp3) is 0.700. The second kappa shape index (κ2) is 6.85. The minimum absolute atomic E-state index is 0.301. The highest BCUT2D eigenvalue weighted by Crippen LogP contribution is 2.13. The molecule has 0 spiro atoms. The molecule has 7 nitrogen and oxygen atoms in total. The minimum Gasteiger partial charge on any atom is -0.467 e. The summed E-state index contributed by atoms with van der Waals surface area (Å²) in [6.45, 7) is 4.04. The Morgan fingerprint density at radius 1 is 1.24 bits per heavy atom. The summed E-state index contributed by atoms with van der Waals surface area (Å²) in [5.41, 5.74) is 0. The Hall–Kier alpha value is -1.63. The first-order valence-corrected chi connectivity index (χ1v) is 5.45. The first kappa shape index (κ1) is 13.4. The van der Waals surface area contributed by atoms with Gasteiger partial charge in [-0.3, -0.25) is 0 Å². The lowest BCUT2D eigenvalue weighted by Gasteiger charge is -2.17. The molecule has 0 aliphatic rings. The summed E-state index contributed by atoms with van der Waals surface area (Å²) in [7, 11) is 5.08. The number of methoxy groups -OCH3 is 2. The molecular weight excluding hydrogens is 222 g/mol. The number of hydrogen-bond acceptors (Lipinski definition) is 7. The predicted molar refractivity (Wildman–Crippen MR) is 65.7 cm³/mol. The summed E-state index contributed by atoms with van der Waals surface area (Å²) >= 11 is 0. The number of rotatable bonds is 7. The molecule has 0 aromatic carbocycles. The Kier molecular flexibility index (Phi) is 5.41. The molecule has 0 fully saturated rings. The van der Waals surface area contributed by atoms with Gasteiger partial charge < -0.3 is 19.7 Å². The quantitative estimate of drug-likeness (QED) is 0.740. The molecule has 0 saturated carbocycles. The molecule has 0 atom stereocenters. The highest BCUT2D eigenvalue weighted by atomic mass is 16.5. The number of anilines is 2. The van der Waals surface area contributed by atoms with Crippen LogP contribution in [0.15, 0.2) is 0 Å². The van der Waals surface area contributed by atoms with E-state index < -0.39 is 0 Å². The second-order valence-electron chi connectivity index (χ2n) is 3.39. The highest BCUT2D eigenvalue weighted by molar-refractivity contribution is 5.37. The van der Waals surface area contributed by atoms with Crippen molar-refractivity contribution in [3.8, 4) is 6.01 Å². The van der Waals surface area contributed by atoms with Gasteiger partial charge >= 0.3 is 6.01 Å². The number of nitrogens with zero attached hydrogens (tertiary/aromatic N) is 4. The van der Waals surface area contributed by atoms with Crippen molar-refractivity contribution in [3.05, 3.63) is 0 Å². The fourth-order valence-corrected chi connectivity index (χ4v) is 1.17. The lowest BCUT2D eigenvalue weighted by molar-refractivity contribution is 0.206. The molecule has 0 amide bonds. The Balaban J connectivity index is 2.85. The molecule has 0 unspecified atom stereocenters. The Morgan fingerprint density at radius 3 is 2.59 bits per heavy atom. The lowest BCUT2D eigenvalue weighted by Crippen LogP contribution is -2.25. The van der Waals surface area contributed by atoms with Crippen LogP contribution in [0.4, 0.5) is 11.9 Å². The van der Waals surface area contributed by atoms with Gasteiger partial charge in [-0.25, -0.2) is 0 Å². The second-order valence-corrected chi connectivity index (χ2v) is 3.39. The Bertz CT molecular complexity index is 347. The maximum Gasteiger partial charge on any atom is 0.322 e. The number of likely N-dealkylation sites (N-methyl/N-ethyl adjacent to an activating group) is 1. The number of aromatic nitrogens is 3. The van der Waals surface area contributed by atoms with Gasteiger partial charge in [0.05, 0.1) is 13.7 Å². The van der Waals surface area contributed by atoms with Crippen LogP contribution in [0, 0.1) is 0 Å². The van der Waals surface area contributed by atoms with E-state index >= 15 is 0 Å². The third kappa shape index (κ3) is 4.03. The minimum atomic E-state index is 0.301. The number of ether oxygens (including phenoxy) is 2. The van der Waals surface area contributed by atoms with E-state index in [9.17, 15) is 0 Å². The smallest absolute Gasteiger partial charge is 0.322 e. The van der Waals surface area contributed by atoms with E-state index in [-0.39, 0.29) is 0 Å². The maximum absolute atomic E-state index is 5.04. The summed E-state index contributed by atoms with van der Waals surface area (Å²) < 4.78 is 10.0. The standard InChI is InChI=1S/C10H19N5O2/c1-5-11-8-12-9(14-10(13-8)17-4)15(2)6-7-16-3/h5-7H2,1-4H3,(H,11,12,13,14). The van der Waals surface area contributed by atoms with Crippen LogP contribution < -0.4 is 15.0 Å². The fourth-order valence-electron chi connectivity index (χ4n) is 1.17. The number of hydrogen-bond donors (Lipinski definition) is 1. The van der Waals surface area contributed by atoms with Gasteiger partial charge in [0, 0.05) is 27.2 Å². The Labute approximate surface area is 101 Å². The van der Waals surface area contributed by atoms with Crippen molar-refractivity contribution in [1.82, 2.24) is 15.0 Å². The summed E-state index contributed by atoms with van der Waals surface area (Å²) in [6.07, 6.45) is 0. The lowest BCUT2D eigenvalue weighted by atomic mass is 10.6. The van der Waals surface area contributed by atoms with E-state index in [0.29, 0.717) is 31.1 Å². The van der Waals surface area contributed by atoms with Crippen molar-refractivity contribution >= 4 is 11.9 Å². The third-order valence-corrected chi connectivity index (χ3v) is 2.09. The van der Waals surface area contributed by atoms with Crippen LogP contribution >= 0.6 is 0 Å². The van der Waals surface area contributed by atoms with Crippen molar-refractivity contribution < 1.29 is 9.47 Å². The topological polar surface area (TPSA) is 72.4 Å². The monoisotopic (exact) mass is 241 g/mol. The van der Waals surface area contributed by atoms with E-state index in [4.69, 9.17) is 9.47 Å². The zero-order valence-electron chi connectivity index (χ0n) is 10.7. The summed E-state index contributed by atoms with van der Waals surface area (Å²) in [5, 5.41) is 3.03. The van der Waals surface area contributed by atoms with Crippen molar-refractivity contribution in [1.29, 1.82) is 0 Å². The maximum atomic E-state index is 5.04. The van der Waals surface area contributed by atoms with E-state index in [1.165, 1.54) is 7.11 Å². The molecule has 1 N–H and O–H groups in total. The largest absolute Gasteiger partial charge is 0.467 e. The SMILES string of the molecule is CCNc1nc(OC)nc(N(C)CCOC)n1. The Morgan fingerprint density at radius 2 is 2.00 bits per heavy atom. The molecule has 1 rings (SSSR count). The van der Waals surface area contributed by atoms with E-state index in [1.807, 2.05) is 18.9 Å². The molecular formula is C10H19N5O2. The van der Waals surface area contributed by atoms with Crippen LogP contribution in [-0.2, 0) is 4.74 Å². The molecule has 0 radical (unpaired) electrons. The van der Waals surface area contributed by atoms with Gasteiger partial charge in [0.1, 0.15) is 0 Å². The molecule has 96 valence electrons. The van der Waals surface area contributed by atoms with Gasteiger partial charge in [-0.2, -0.15) is 15.0 Å². The molecule has 1 heterocycles. The predicted octanol–water partition coefficient (Wildman–Crippen LogP) is 0.395. The van der Waals surface area contributed by atoms with Gasteiger partial charge in [-0.15, -0.1) is 0 Å². The summed E-state index contributed by atoms with van der Waals surface area (Å²) in [6, 6.07) is 0.301. The van der Waals surface area contributed by atoms with Gasteiger partial charge in [0.15, 0.2) is 0 Å². The van der Waals surface area contributed by atoms with Crippen molar-refractivity contribution in [2.45, 2.75) is 6.92 Å². The van der Waals surface area contributed by atoms with Crippen LogP contribution in [0.3, 0.4) is 0 Å². The zero-order valence-corrected chi connectivity index (χ0v) is 10.7. The summed E-state index contributed by atoms with van der Waals surface area (Å²) in [5.74, 6) is 1.07. The molecule has 0 bridgehead atoms. The van der Waals surface area contributed by atoms with Crippen LogP contribution in [0.25, 0.3) is 0 Å². The first-order valence-electron chi connectivity index (χ1n) is 5.45. The van der Waals surface area contributed by atoms with Crippen LogP contribution in [0.5, 0.6) is 6.01 Å². The molecule has 0 aliphatic carbocycles. The summed E-state index contributed by atoms with van der Waals surface area (Å²) in [4.78, 5) is 14.4. The zero-order chi connectivity index (χ0) is 12.7. The molecule has 0 aliphatic heterocycles. The normalized spacial score (nSPS) is 10.1. The third-order valence-electron chi connectivity index (χ3n) is 2.09. The van der Waals surface area contributed by atoms with E-state index in [0.717, 1.165) is 6.54 Å². The van der Waals surface area contributed by atoms with Crippen molar-refractivity contribution in [3.63, 3.8) is 0 Å². The van der Waals surface area contributed by atoms with Crippen LogP contribution in [0.2, 0.25) is 0 Å². The average Bonchev–Trinajstić information content (AvgIpc) is 2.35. The van der Waals surface area contributed by atoms with Gasteiger partial charge in [0.2, 0.25) is 11.9 Å².